The van der Waals surface area contributed by atoms with Gasteiger partial charge in [-0.1, -0.05) is 81.5 Å². The van der Waals surface area contributed by atoms with E-state index < -0.39 is 26.3 Å². The molecule has 0 bridgehead atoms. The van der Waals surface area contributed by atoms with Crippen LogP contribution in [0.3, 0.4) is 0 Å². The van der Waals surface area contributed by atoms with E-state index in [1.807, 2.05) is 72.8 Å². The Bertz CT molecular complexity index is 2260. The van der Waals surface area contributed by atoms with E-state index in [9.17, 15) is 24.6 Å². The summed E-state index contributed by atoms with van der Waals surface area (Å²) in [4.78, 5) is 36.4. The molecule has 0 fully saturated rings. The normalized spacial score (nSPS) is 13.8. The Hall–Kier alpha value is -5.63. The molecule has 6 rings (SSSR count). The first-order valence-electron chi connectivity index (χ1n) is 17.9. The van der Waals surface area contributed by atoms with Crippen molar-refractivity contribution in [3.63, 3.8) is 0 Å². The van der Waals surface area contributed by atoms with Crippen molar-refractivity contribution in [2.45, 2.75) is 64.5 Å². The summed E-state index contributed by atoms with van der Waals surface area (Å²) in [5.74, 6) is -0.453. The maximum atomic E-state index is 12.9. The SMILES string of the molecule is CC(C)(C)[Si](C)(C)O[C@@H](CNCc1ccc2c(c1)oc(=O)n2CCC=Cc1ccc(-c2ccccc2)c(NC(=O)O)c1)c1ccc(O)c2c1OCC(=O)N2. The van der Waals surface area contributed by atoms with Crippen molar-refractivity contribution in [3.8, 4) is 22.6 Å². The number of anilines is 2. The molecular weight excluding hydrogens is 705 g/mol. The Labute approximate surface area is 314 Å². The summed E-state index contributed by atoms with van der Waals surface area (Å²) in [6.07, 6.45) is 2.81. The predicted octanol–water partition coefficient (Wildman–Crippen LogP) is 8.34. The molecule has 1 aromatic heterocycles. The van der Waals surface area contributed by atoms with Crippen molar-refractivity contribution >= 4 is 48.9 Å². The molecule has 5 aromatic rings. The monoisotopic (exact) mass is 750 g/mol. The standard InChI is InChI=1S/C41H46N4O8Si/c1-41(2,3)54(4,5)53-35(30-17-19-33(46)37-38(30)51-25-36(47)44-37)24-42-23-27-15-18-32-34(22-27)52-40(50)45(32)20-10-9-11-26-14-16-29(28-12-7-6-8-13-28)31(21-26)43-39(48)49/h6-9,11-19,21-22,35,42-43,46H,10,20,23-25H2,1-5H3,(H,44,47)(H,48,49)/t35-/m0/s1. The molecule has 282 valence electrons. The van der Waals surface area contributed by atoms with Crippen LogP contribution < -0.4 is 26.4 Å². The fraction of sp³-hybridized carbons (Fsp3) is 0.293. The van der Waals surface area contributed by atoms with E-state index in [-0.39, 0.29) is 29.0 Å². The van der Waals surface area contributed by atoms with Crippen LogP contribution >= 0.6 is 0 Å². The number of phenols is 1. The molecule has 5 N–H and O–H groups in total. The smallest absolute Gasteiger partial charge is 0.419 e. The number of nitrogens with one attached hydrogen (secondary N) is 3. The van der Waals surface area contributed by atoms with E-state index in [0.29, 0.717) is 48.6 Å². The number of hydrogen-bond acceptors (Lipinski definition) is 8. The van der Waals surface area contributed by atoms with Crippen LogP contribution in [0.1, 0.15) is 50.0 Å². The Morgan fingerprint density at radius 1 is 1.06 bits per heavy atom. The summed E-state index contributed by atoms with van der Waals surface area (Å²) < 4.78 is 19.9. The van der Waals surface area contributed by atoms with Crippen LogP contribution in [0.25, 0.3) is 28.3 Å². The summed E-state index contributed by atoms with van der Waals surface area (Å²) in [6, 6.07) is 24.2. The highest BCUT2D eigenvalue weighted by Gasteiger charge is 2.40. The molecule has 1 aliphatic rings. The summed E-state index contributed by atoms with van der Waals surface area (Å²) in [7, 11) is -2.28. The zero-order valence-corrected chi connectivity index (χ0v) is 32.1. The van der Waals surface area contributed by atoms with Crippen LogP contribution in [0.2, 0.25) is 18.1 Å². The maximum absolute atomic E-state index is 12.9. The summed E-state index contributed by atoms with van der Waals surface area (Å²) in [5, 5.41) is 28.5. The summed E-state index contributed by atoms with van der Waals surface area (Å²) >= 11 is 0. The Balaban J connectivity index is 1.13. The number of hydrogen-bond donors (Lipinski definition) is 5. The number of aromatic nitrogens is 1. The highest BCUT2D eigenvalue weighted by molar-refractivity contribution is 6.74. The molecule has 0 aliphatic carbocycles. The third-order valence-electron chi connectivity index (χ3n) is 9.96. The van der Waals surface area contributed by atoms with Crippen molar-refractivity contribution in [1.29, 1.82) is 0 Å². The predicted molar refractivity (Wildman–Crippen MR) is 213 cm³/mol. The highest BCUT2D eigenvalue weighted by Crippen LogP contribution is 2.45. The largest absolute Gasteiger partial charge is 0.506 e. The van der Waals surface area contributed by atoms with Gasteiger partial charge in [0.15, 0.2) is 26.3 Å². The fourth-order valence-corrected chi connectivity index (χ4v) is 7.41. The van der Waals surface area contributed by atoms with Crippen LogP contribution in [-0.2, 0) is 22.3 Å². The molecule has 0 saturated heterocycles. The topological polar surface area (TPSA) is 164 Å². The van der Waals surface area contributed by atoms with Gasteiger partial charge in [-0.15, -0.1) is 0 Å². The van der Waals surface area contributed by atoms with Gasteiger partial charge in [0.05, 0.1) is 17.3 Å². The number of carbonyl (C=O) groups excluding carboxylic acids is 1. The first kappa shape index (κ1) is 38.1. The molecule has 54 heavy (non-hydrogen) atoms. The number of fused-ring (bicyclic) bond motifs is 2. The second kappa shape index (κ2) is 15.8. The minimum atomic E-state index is -2.28. The van der Waals surface area contributed by atoms with Gasteiger partial charge in [-0.25, -0.2) is 9.59 Å². The average Bonchev–Trinajstić information content (AvgIpc) is 3.43. The van der Waals surface area contributed by atoms with Crippen LogP contribution in [0, 0.1) is 0 Å². The number of carboxylic acid groups (broad SMARTS) is 1. The van der Waals surface area contributed by atoms with Crippen LogP contribution in [-0.4, -0.2) is 48.2 Å². The number of allylic oxidation sites excluding steroid dienone is 1. The molecule has 12 nitrogen and oxygen atoms in total. The van der Waals surface area contributed by atoms with Gasteiger partial charge in [0.2, 0.25) is 0 Å². The number of benzene rings is 4. The number of phenolic OH excluding ortho intramolecular Hbond substituents is 1. The lowest BCUT2D eigenvalue weighted by Crippen LogP contribution is -2.43. The lowest BCUT2D eigenvalue weighted by Gasteiger charge is -2.40. The van der Waals surface area contributed by atoms with Gasteiger partial charge >= 0.3 is 11.8 Å². The van der Waals surface area contributed by atoms with E-state index >= 15 is 0 Å². The first-order chi connectivity index (χ1) is 25.7. The number of oxazole rings is 1. The number of nitrogens with zero attached hydrogens (tertiary/aromatic N) is 1. The lowest BCUT2D eigenvalue weighted by atomic mass is 10.0. The third kappa shape index (κ3) is 8.60. The molecule has 1 atom stereocenters. The molecule has 0 radical (unpaired) electrons. The van der Waals surface area contributed by atoms with Gasteiger partial charge in [0.1, 0.15) is 11.4 Å². The molecule has 2 heterocycles. The van der Waals surface area contributed by atoms with E-state index in [1.54, 1.807) is 22.8 Å². The van der Waals surface area contributed by atoms with Crippen molar-refractivity contribution in [2.24, 2.45) is 0 Å². The van der Waals surface area contributed by atoms with E-state index in [4.69, 9.17) is 13.6 Å². The average molecular weight is 751 g/mol. The number of carbonyl (C=O) groups is 2. The number of aromatic hydroxyl groups is 1. The van der Waals surface area contributed by atoms with Gasteiger partial charge in [-0.3, -0.25) is 14.7 Å². The van der Waals surface area contributed by atoms with Gasteiger partial charge in [0, 0.05) is 30.8 Å². The van der Waals surface area contributed by atoms with Crippen LogP contribution in [0.4, 0.5) is 16.2 Å². The quantitative estimate of drug-likeness (QED) is 0.0588. The second-order valence-electron chi connectivity index (χ2n) is 14.8. The van der Waals surface area contributed by atoms with E-state index in [0.717, 1.165) is 27.8 Å². The Kier molecular flexibility index (Phi) is 11.1. The molecule has 0 unspecified atom stereocenters. The number of rotatable bonds is 13. The van der Waals surface area contributed by atoms with Crippen LogP contribution in [0.5, 0.6) is 11.5 Å². The number of ether oxygens (including phenoxy) is 1. The van der Waals surface area contributed by atoms with Crippen molar-refractivity contribution in [3.05, 3.63) is 112 Å². The van der Waals surface area contributed by atoms with E-state index in [2.05, 4.69) is 49.8 Å². The molecule has 1 aliphatic heterocycles. The molecule has 0 spiro atoms. The van der Waals surface area contributed by atoms with Crippen LogP contribution in [0.15, 0.2) is 94.2 Å². The lowest BCUT2D eigenvalue weighted by molar-refractivity contribution is -0.118. The van der Waals surface area contributed by atoms with Gasteiger partial charge in [0.25, 0.3) is 5.91 Å². The third-order valence-corrected chi connectivity index (χ3v) is 14.4. The zero-order valence-electron chi connectivity index (χ0n) is 31.1. The zero-order chi connectivity index (χ0) is 38.6. The van der Waals surface area contributed by atoms with Crippen molar-refractivity contribution < 1.29 is 33.4 Å². The van der Waals surface area contributed by atoms with Gasteiger partial charge in [-0.05, 0) is 71.6 Å². The number of amides is 2. The molecule has 0 saturated carbocycles. The summed E-state index contributed by atoms with van der Waals surface area (Å²) in [5.41, 5.74) is 6.05. The van der Waals surface area contributed by atoms with Crippen molar-refractivity contribution in [2.75, 3.05) is 23.8 Å². The first-order valence-corrected chi connectivity index (χ1v) is 20.8. The Morgan fingerprint density at radius 3 is 2.57 bits per heavy atom. The minimum absolute atomic E-state index is 0.0695. The Morgan fingerprint density at radius 2 is 1.83 bits per heavy atom. The van der Waals surface area contributed by atoms with Gasteiger partial charge < -0.3 is 34.4 Å². The fourth-order valence-electron chi connectivity index (χ4n) is 6.14. The highest BCUT2D eigenvalue weighted by atomic mass is 28.4. The second-order valence-corrected chi connectivity index (χ2v) is 19.6. The molecular formula is C41H46N4O8Si. The molecule has 4 aromatic carbocycles. The molecule has 13 heteroatoms. The van der Waals surface area contributed by atoms with Gasteiger partial charge in [-0.2, -0.15) is 0 Å². The molecule has 2 amide bonds. The minimum Gasteiger partial charge on any atom is -0.506 e. The maximum Gasteiger partial charge on any atom is 0.419 e. The van der Waals surface area contributed by atoms with E-state index in [1.165, 1.54) is 0 Å². The summed E-state index contributed by atoms with van der Waals surface area (Å²) in [6.45, 7) is 12.0. The van der Waals surface area contributed by atoms with Crippen molar-refractivity contribution in [1.82, 2.24) is 9.88 Å². The number of aryl methyl sites for hydroxylation is 1.